The van der Waals surface area contributed by atoms with Crippen molar-refractivity contribution in [3.05, 3.63) is 51.6 Å². The lowest BCUT2D eigenvalue weighted by molar-refractivity contribution is -0.137. The molecule has 3 amide bonds. The second-order valence-electron chi connectivity index (χ2n) is 14.0. The molecule has 0 radical (unpaired) electrons. The molecule has 240 valence electrons. The predicted octanol–water partition coefficient (Wildman–Crippen LogP) is 4.15. The Bertz CT molecular complexity index is 1550. The highest BCUT2D eigenvalue weighted by Crippen LogP contribution is 2.63. The number of amides is 3. The maximum atomic E-state index is 16.1. The summed E-state index contributed by atoms with van der Waals surface area (Å²) in [6.45, 7) is 4.55. The van der Waals surface area contributed by atoms with Crippen LogP contribution in [0.15, 0.2) is 24.4 Å². The monoisotopic (exact) mass is 658 g/mol. The van der Waals surface area contributed by atoms with Gasteiger partial charge in [0.1, 0.15) is 22.5 Å². The quantitative estimate of drug-likeness (QED) is 0.355. The Hall–Kier alpha value is -2.86. The van der Waals surface area contributed by atoms with Crippen molar-refractivity contribution < 1.29 is 23.5 Å². The molecule has 2 saturated carbocycles. The van der Waals surface area contributed by atoms with E-state index in [0.29, 0.717) is 37.1 Å². The molecule has 2 saturated heterocycles. The highest BCUT2D eigenvalue weighted by Gasteiger charge is 2.73. The smallest absolute Gasteiger partial charge is 0.249 e. The average molecular weight is 660 g/mol. The molecule has 5 atom stereocenters. The van der Waals surface area contributed by atoms with Crippen LogP contribution in [0.4, 0.5) is 10.2 Å². The molecule has 0 bridgehead atoms. The minimum Gasteiger partial charge on any atom is -0.366 e. The van der Waals surface area contributed by atoms with Gasteiger partial charge in [0, 0.05) is 29.3 Å². The number of nitrogens with zero attached hydrogens (tertiary/aromatic N) is 2. The van der Waals surface area contributed by atoms with E-state index in [1.165, 1.54) is 12.3 Å². The molecule has 2 aromatic heterocycles. The van der Waals surface area contributed by atoms with Gasteiger partial charge < -0.3 is 20.7 Å². The minimum absolute atomic E-state index is 0.0210. The Morgan fingerprint density at radius 2 is 1.71 bits per heavy atom. The first-order valence-electron chi connectivity index (χ1n) is 15.7. The first kappa shape index (κ1) is 30.8. The molecule has 2 aromatic rings. The molecular formula is C32H37Cl2FN6O4. The molecule has 7 rings (SSSR count). The Labute approximate surface area is 270 Å². The Morgan fingerprint density at radius 3 is 2.40 bits per heavy atom. The number of anilines is 1. The van der Waals surface area contributed by atoms with Gasteiger partial charge in [-0.25, -0.2) is 14.4 Å². The fraction of sp³-hybridized carbons (Fsp3) is 0.594. The molecule has 5 heterocycles. The molecule has 2 spiro atoms. The van der Waals surface area contributed by atoms with E-state index in [0.717, 1.165) is 25.7 Å². The topological polar surface area (TPSA) is 134 Å². The lowest BCUT2D eigenvalue weighted by atomic mass is 9.53. The number of fused-ring (bicyclic) bond motifs is 3. The van der Waals surface area contributed by atoms with Crippen LogP contribution in [0.3, 0.4) is 0 Å². The molecule has 0 aromatic carbocycles. The number of pyridine rings is 2. The predicted molar refractivity (Wildman–Crippen MR) is 165 cm³/mol. The molecule has 4 N–H and O–H groups in total. The van der Waals surface area contributed by atoms with E-state index in [4.69, 9.17) is 27.9 Å². The maximum Gasteiger partial charge on any atom is 0.249 e. The van der Waals surface area contributed by atoms with Gasteiger partial charge in [-0.2, -0.15) is 0 Å². The molecule has 3 aliphatic heterocycles. The van der Waals surface area contributed by atoms with Crippen LogP contribution in [0.25, 0.3) is 0 Å². The van der Waals surface area contributed by atoms with E-state index >= 15 is 4.39 Å². The molecule has 10 nitrogen and oxygen atoms in total. The molecule has 45 heavy (non-hydrogen) atoms. The van der Waals surface area contributed by atoms with Crippen molar-refractivity contribution >= 4 is 46.7 Å². The second kappa shape index (κ2) is 11.1. The van der Waals surface area contributed by atoms with Gasteiger partial charge in [-0.05, 0) is 74.5 Å². The summed E-state index contributed by atoms with van der Waals surface area (Å²) < 4.78 is 21.9. The highest BCUT2D eigenvalue weighted by molar-refractivity contribution is 6.30. The van der Waals surface area contributed by atoms with Crippen LogP contribution in [0.1, 0.15) is 82.3 Å². The molecule has 4 fully saturated rings. The van der Waals surface area contributed by atoms with E-state index in [1.807, 2.05) is 0 Å². The summed E-state index contributed by atoms with van der Waals surface area (Å²) in [5.41, 5.74) is -1.59. The molecule has 0 unspecified atom stereocenters. The van der Waals surface area contributed by atoms with Crippen LogP contribution in [-0.2, 0) is 24.5 Å². The van der Waals surface area contributed by atoms with Crippen molar-refractivity contribution in [3.63, 3.8) is 0 Å². The van der Waals surface area contributed by atoms with Gasteiger partial charge in [0.25, 0.3) is 0 Å². The zero-order valence-corrected chi connectivity index (χ0v) is 26.7. The first-order chi connectivity index (χ1) is 21.4. The SMILES string of the molecule is CC1(C)CCC2(CC1)N[C@@H](C(=O)N[C@@H]1CC[C@@H](C(=O)NC3CC3)OC1)[C@H](c1ccnc(Cl)c1F)[C@]21C(=O)Nc2nc(Cl)ccc21. The third-order valence-corrected chi connectivity index (χ3v) is 11.1. The summed E-state index contributed by atoms with van der Waals surface area (Å²) >= 11 is 12.5. The molecular weight excluding hydrogens is 622 g/mol. The first-order valence-corrected chi connectivity index (χ1v) is 16.5. The number of carbonyl (C=O) groups excluding carboxylic acids is 3. The maximum absolute atomic E-state index is 16.1. The lowest BCUT2D eigenvalue weighted by Crippen LogP contribution is -2.61. The number of nitrogens with one attached hydrogen (secondary N) is 4. The summed E-state index contributed by atoms with van der Waals surface area (Å²) in [5.74, 6) is -2.33. The standard InChI is InChI=1S/C32H37Cl2FN6O4/c1-30(2)10-12-31(13-11-30)32(19-6-8-21(33)39-26(19)40-29(32)44)22(18-9-14-36-25(34)23(18)35)24(41-31)28(43)38-17-5-7-20(45-15-17)27(42)37-16-3-4-16/h6,8-9,14,16-17,20,22,24,41H,3-5,7,10-13,15H2,1-2H3,(H,37,42)(H,38,43)(H,39,40,44)/t17-,20+,22+,24-,32-/m1/s1. The van der Waals surface area contributed by atoms with E-state index in [1.54, 1.807) is 12.1 Å². The zero-order chi connectivity index (χ0) is 31.7. The van der Waals surface area contributed by atoms with Gasteiger partial charge in [-0.1, -0.05) is 43.1 Å². The number of hydrogen-bond donors (Lipinski definition) is 4. The van der Waals surface area contributed by atoms with Crippen LogP contribution in [0.2, 0.25) is 10.3 Å². The third kappa shape index (κ3) is 5.10. The lowest BCUT2D eigenvalue weighted by Gasteiger charge is -2.50. The van der Waals surface area contributed by atoms with Crippen LogP contribution in [0, 0.1) is 11.2 Å². The van der Waals surface area contributed by atoms with Gasteiger partial charge in [0.15, 0.2) is 11.0 Å². The van der Waals surface area contributed by atoms with E-state index in [-0.39, 0.29) is 57.7 Å². The fourth-order valence-corrected chi connectivity index (χ4v) is 8.40. The number of rotatable bonds is 5. The molecule has 2 aliphatic carbocycles. The van der Waals surface area contributed by atoms with E-state index in [9.17, 15) is 14.4 Å². The minimum atomic E-state index is -1.40. The summed E-state index contributed by atoms with van der Waals surface area (Å²) in [7, 11) is 0. The summed E-state index contributed by atoms with van der Waals surface area (Å²) in [6.07, 6.45) is 6.53. The fourth-order valence-electron chi connectivity index (χ4n) is 8.08. The normalized spacial score (nSPS) is 31.4. The number of ether oxygens (including phenoxy) is 1. The Kier molecular flexibility index (Phi) is 7.62. The van der Waals surface area contributed by atoms with Crippen LogP contribution >= 0.6 is 23.2 Å². The van der Waals surface area contributed by atoms with Crippen LogP contribution in [0.5, 0.6) is 0 Å². The van der Waals surface area contributed by atoms with Crippen LogP contribution < -0.4 is 21.3 Å². The molecule has 13 heteroatoms. The summed E-state index contributed by atoms with van der Waals surface area (Å²) in [6, 6.07) is 3.75. The number of halogens is 3. The van der Waals surface area contributed by atoms with Crippen molar-refractivity contribution in [2.75, 3.05) is 11.9 Å². The van der Waals surface area contributed by atoms with Gasteiger partial charge in [0.05, 0.1) is 18.7 Å². The van der Waals surface area contributed by atoms with Crippen molar-refractivity contribution in [1.82, 2.24) is 25.9 Å². The number of hydrogen-bond acceptors (Lipinski definition) is 7. The van der Waals surface area contributed by atoms with Crippen molar-refractivity contribution in [2.45, 2.75) is 106 Å². The largest absolute Gasteiger partial charge is 0.366 e. The van der Waals surface area contributed by atoms with Crippen molar-refractivity contribution in [2.24, 2.45) is 5.41 Å². The van der Waals surface area contributed by atoms with Crippen LogP contribution in [-0.4, -0.2) is 64.1 Å². The summed E-state index contributed by atoms with van der Waals surface area (Å²) in [5, 5.41) is 12.5. The number of carbonyl (C=O) groups is 3. The van der Waals surface area contributed by atoms with Gasteiger partial charge in [0.2, 0.25) is 17.7 Å². The number of aromatic nitrogens is 2. The Balaban J connectivity index is 1.27. The van der Waals surface area contributed by atoms with Crippen molar-refractivity contribution in [3.8, 4) is 0 Å². The second-order valence-corrected chi connectivity index (χ2v) is 14.8. The third-order valence-electron chi connectivity index (χ3n) is 10.7. The van der Waals surface area contributed by atoms with E-state index < -0.39 is 34.8 Å². The average Bonchev–Trinajstić information content (AvgIpc) is 3.70. The summed E-state index contributed by atoms with van der Waals surface area (Å²) in [4.78, 5) is 49.8. The zero-order valence-electron chi connectivity index (χ0n) is 25.2. The highest BCUT2D eigenvalue weighted by atomic mass is 35.5. The Morgan fingerprint density at radius 1 is 1.00 bits per heavy atom. The van der Waals surface area contributed by atoms with Gasteiger partial charge in [-0.3, -0.25) is 19.7 Å². The van der Waals surface area contributed by atoms with Crippen molar-refractivity contribution in [1.29, 1.82) is 0 Å². The molecule has 5 aliphatic rings. The van der Waals surface area contributed by atoms with Gasteiger partial charge in [-0.15, -0.1) is 0 Å². The van der Waals surface area contributed by atoms with E-state index in [2.05, 4.69) is 45.1 Å². The van der Waals surface area contributed by atoms with Gasteiger partial charge >= 0.3 is 0 Å².